The fraction of sp³-hybridized carbons (Fsp3) is 0.316. The Labute approximate surface area is 189 Å². The predicted octanol–water partition coefficient (Wildman–Crippen LogP) is 2.43. The van der Waals surface area contributed by atoms with Gasteiger partial charge in [-0.2, -0.15) is 0 Å². The number of methoxy groups -OCH3 is 2. The summed E-state index contributed by atoms with van der Waals surface area (Å²) in [5.41, 5.74) is 1.64. The molecule has 160 valence electrons. The van der Waals surface area contributed by atoms with Crippen molar-refractivity contribution in [3.05, 3.63) is 54.1 Å². The predicted molar refractivity (Wildman–Crippen MR) is 127 cm³/mol. The van der Waals surface area contributed by atoms with Crippen molar-refractivity contribution in [1.29, 1.82) is 0 Å². The number of nitrogens with zero attached hydrogens (tertiary/aromatic N) is 1. The van der Waals surface area contributed by atoms with E-state index in [0.717, 1.165) is 11.3 Å². The molecule has 2 aromatic carbocycles. The topological polar surface area (TPSA) is 101 Å². The van der Waals surface area contributed by atoms with Crippen LogP contribution in [-0.4, -0.2) is 47.9 Å². The first-order valence-corrected chi connectivity index (χ1v) is 10.3. The van der Waals surface area contributed by atoms with E-state index in [1.807, 2.05) is 36.4 Å². The van der Waals surface area contributed by atoms with Crippen LogP contribution in [0.3, 0.4) is 0 Å². The Balaban J connectivity index is 0.00000420. The number of sulfonamides is 1. The van der Waals surface area contributed by atoms with Gasteiger partial charge in [-0.05, 0) is 17.7 Å². The Morgan fingerprint density at radius 1 is 1.03 bits per heavy atom. The van der Waals surface area contributed by atoms with Crippen molar-refractivity contribution in [2.45, 2.75) is 6.54 Å². The lowest BCUT2D eigenvalue weighted by molar-refractivity contribution is 0.355. The fourth-order valence-electron chi connectivity index (χ4n) is 2.39. The fourth-order valence-corrected chi connectivity index (χ4v) is 3.30. The summed E-state index contributed by atoms with van der Waals surface area (Å²) in [6, 6.07) is 14.7. The normalized spacial score (nSPS) is 11.3. The van der Waals surface area contributed by atoms with Gasteiger partial charge in [0.25, 0.3) is 0 Å². The Kier molecular flexibility index (Phi) is 10.8. The van der Waals surface area contributed by atoms with E-state index in [1.165, 1.54) is 0 Å². The lowest BCUT2D eigenvalue weighted by Gasteiger charge is -2.14. The summed E-state index contributed by atoms with van der Waals surface area (Å²) in [6.07, 6.45) is 0. The van der Waals surface area contributed by atoms with Crippen molar-refractivity contribution >= 4 is 45.6 Å². The lowest BCUT2D eigenvalue weighted by Crippen LogP contribution is -2.37. The van der Waals surface area contributed by atoms with Gasteiger partial charge < -0.3 is 20.1 Å². The highest BCUT2D eigenvalue weighted by Gasteiger charge is 2.11. The highest BCUT2D eigenvalue weighted by molar-refractivity contribution is 14.0. The Morgan fingerprint density at radius 3 is 2.34 bits per heavy atom. The van der Waals surface area contributed by atoms with Crippen molar-refractivity contribution < 1.29 is 17.9 Å². The van der Waals surface area contributed by atoms with Crippen molar-refractivity contribution in [2.75, 3.05) is 38.9 Å². The number of anilines is 1. The molecule has 0 saturated heterocycles. The molecule has 0 aliphatic heterocycles. The third kappa shape index (κ3) is 8.46. The van der Waals surface area contributed by atoms with Gasteiger partial charge in [0.2, 0.25) is 10.0 Å². The first-order chi connectivity index (χ1) is 13.5. The number of aliphatic imine (C=N–C) groups is 1. The van der Waals surface area contributed by atoms with Gasteiger partial charge in [-0.1, -0.05) is 30.3 Å². The van der Waals surface area contributed by atoms with Crippen LogP contribution >= 0.6 is 24.0 Å². The van der Waals surface area contributed by atoms with E-state index in [9.17, 15) is 8.42 Å². The standard InChI is InChI=1S/C19H26N4O4S.HI/c1-20-19(23-16-9-10-17(26-2)18(13-16)27-3)21-11-12-28(24,25)22-14-15-7-5-4-6-8-15;/h4-10,13,22H,11-12,14H2,1-3H3,(H2,20,21,23);1H. The third-order valence-corrected chi connectivity index (χ3v) is 5.20. The van der Waals surface area contributed by atoms with E-state index >= 15 is 0 Å². The smallest absolute Gasteiger partial charge is 0.213 e. The minimum Gasteiger partial charge on any atom is -0.493 e. The quantitative estimate of drug-likeness (QED) is 0.260. The van der Waals surface area contributed by atoms with Gasteiger partial charge in [-0.15, -0.1) is 24.0 Å². The van der Waals surface area contributed by atoms with Crippen molar-refractivity contribution in [1.82, 2.24) is 10.0 Å². The molecule has 0 radical (unpaired) electrons. The molecule has 0 spiro atoms. The van der Waals surface area contributed by atoms with Gasteiger partial charge in [0, 0.05) is 31.9 Å². The van der Waals surface area contributed by atoms with Gasteiger partial charge in [-0.25, -0.2) is 13.1 Å². The number of hydrogen-bond donors (Lipinski definition) is 3. The zero-order chi connectivity index (χ0) is 20.4. The van der Waals surface area contributed by atoms with E-state index in [1.54, 1.807) is 33.4 Å². The Morgan fingerprint density at radius 2 is 1.72 bits per heavy atom. The molecule has 10 heteroatoms. The monoisotopic (exact) mass is 534 g/mol. The van der Waals surface area contributed by atoms with Crippen LogP contribution in [-0.2, 0) is 16.6 Å². The lowest BCUT2D eigenvalue weighted by atomic mass is 10.2. The molecule has 0 aliphatic rings. The molecule has 0 saturated carbocycles. The van der Waals surface area contributed by atoms with Gasteiger partial charge in [0.1, 0.15) is 0 Å². The summed E-state index contributed by atoms with van der Waals surface area (Å²) >= 11 is 0. The SMILES string of the molecule is CN=C(NCCS(=O)(=O)NCc1ccccc1)Nc1ccc(OC)c(OC)c1.I. The summed E-state index contributed by atoms with van der Waals surface area (Å²) < 4.78 is 37.4. The highest BCUT2D eigenvalue weighted by atomic mass is 127. The zero-order valence-electron chi connectivity index (χ0n) is 16.6. The molecule has 0 heterocycles. The number of rotatable bonds is 9. The largest absolute Gasteiger partial charge is 0.493 e. The molecule has 0 amide bonds. The number of ether oxygens (including phenoxy) is 2. The minimum absolute atomic E-state index is 0. The molecule has 0 aliphatic carbocycles. The molecule has 29 heavy (non-hydrogen) atoms. The van der Waals surface area contributed by atoms with Gasteiger partial charge in [0.05, 0.1) is 20.0 Å². The molecule has 8 nitrogen and oxygen atoms in total. The minimum atomic E-state index is -3.41. The first kappa shape index (κ1) is 25.0. The number of nitrogens with one attached hydrogen (secondary N) is 3. The van der Waals surface area contributed by atoms with Crippen molar-refractivity contribution in [3.63, 3.8) is 0 Å². The van der Waals surface area contributed by atoms with Gasteiger partial charge in [0.15, 0.2) is 17.5 Å². The number of hydrogen-bond acceptors (Lipinski definition) is 5. The second-order valence-electron chi connectivity index (χ2n) is 5.82. The van der Waals surface area contributed by atoms with Crippen LogP contribution in [0, 0.1) is 0 Å². The average molecular weight is 534 g/mol. The van der Waals surface area contributed by atoms with Crippen LogP contribution in [0.4, 0.5) is 5.69 Å². The van der Waals surface area contributed by atoms with E-state index in [-0.39, 0.29) is 42.8 Å². The van der Waals surface area contributed by atoms with Crippen LogP contribution in [0.15, 0.2) is 53.5 Å². The second kappa shape index (κ2) is 12.5. The second-order valence-corrected chi connectivity index (χ2v) is 7.75. The summed E-state index contributed by atoms with van der Waals surface area (Å²) in [5.74, 6) is 1.57. The highest BCUT2D eigenvalue weighted by Crippen LogP contribution is 2.29. The Hall–Kier alpha value is -2.05. The van der Waals surface area contributed by atoms with Gasteiger partial charge >= 0.3 is 0 Å². The zero-order valence-corrected chi connectivity index (χ0v) is 19.8. The number of guanidine groups is 1. The van der Waals surface area contributed by atoms with E-state index < -0.39 is 10.0 Å². The molecule has 2 aromatic rings. The van der Waals surface area contributed by atoms with Crippen LogP contribution in [0.5, 0.6) is 11.5 Å². The van der Waals surface area contributed by atoms with Crippen molar-refractivity contribution in [2.24, 2.45) is 4.99 Å². The number of halogens is 1. The Bertz CT molecular complexity index is 892. The molecule has 2 rings (SSSR count). The number of benzene rings is 2. The maximum absolute atomic E-state index is 12.1. The molecular weight excluding hydrogens is 507 g/mol. The third-order valence-electron chi connectivity index (χ3n) is 3.87. The molecule has 0 atom stereocenters. The maximum Gasteiger partial charge on any atom is 0.213 e. The van der Waals surface area contributed by atoms with E-state index in [0.29, 0.717) is 17.5 Å². The summed E-state index contributed by atoms with van der Waals surface area (Å²) in [7, 11) is 1.33. The van der Waals surface area contributed by atoms with Crippen LogP contribution in [0.2, 0.25) is 0 Å². The molecule has 0 bridgehead atoms. The first-order valence-electron chi connectivity index (χ1n) is 8.68. The van der Waals surface area contributed by atoms with Gasteiger partial charge in [-0.3, -0.25) is 4.99 Å². The maximum atomic E-state index is 12.1. The molecule has 0 unspecified atom stereocenters. The summed E-state index contributed by atoms with van der Waals surface area (Å²) in [4.78, 5) is 4.10. The summed E-state index contributed by atoms with van der Waals surface area (Å²) in [5, 5.41) is 6.07. The molecule has 0 aromatic heterocycles. The van der Waals surface area contributed by atoms with Crippen molar-refractivity contribution in [3.8, 4) is 11.5 Å². The average Bonchev–Trinajstić information content (AvgIpc) is 2.72. The van der Waals surface area contributed by atoms with Crippen LogP contribution in [0.1, 0.15) is 5.56 Å². The summed E-state index contributed by atoms with van der Waals surface area (Å²) in [6.45, 7) is 0.471. The van der Waals surface area contributed by atoms with E-state index in [4.69, 9.17) is 9.47 Å². The van der Waals surface area contributed by atoms with Crippen LogP contribution in [0.25, 0.3) is 0 Å². The molecule has 3 N–H and O–H groups in total. The van der Waals surface area contributed by atoms with Crippen LogP contribution < -0.4 is 24.8 Å². The molecular formula is C19H27IN4O4S. The van der Waals surface area contributed by atoms with E-state index in [2.05, 4.69) is 20.3 Å². The molecule has 0 fully saturated rings.